The topological polar surface area (TPSA) is 53.1 Å². The number of nitrogens with zero attached hydrogens (tertiary/aromatic N) is 3. The molecule has 5 heteroatoms. The number of aryl methyl sites for hydroxylation is 1. The Labute approximate surface area is 158 Å². The normalized spacial score (nSPS) is 10.9. The molecule has 0 unspecified atom stereocenters. The number of rotatable bonds is 6. The first-order chi connectivity index (χ1) is 13.2. The molecule has 0 spiro atoms. The Balaban J connectivity index is 1.54. The molecular weight excluding hydrogens is 338 g/mol. The fraction of sp³-hybridized carbons (Fsp3) is 0.182. The van der Waals surface area contributed by atoms with E-state index in [1.54, 1.807) is 6.26 Å². The highest BCUT2D eigenvalue weighted by atomic mass is 16.5. The van der Waals surface area contributed by atoms with Gasteiger partial charge in [0.15, 0.2) is 0 Å². The molecule has 2 aromatic heterocycles. The Kier molecular flexibility index (Phi) is 4.75. The van der Waals surface area contributed by atoms with E-state index in [-0.39, 0.29) is 0 Å². The second-order valence-corrected chi connectivity index (χ2v) is 6.30. The zero-order chi connectivity index (χ0) is 18.6. The molecule has 0 bridgehead atoms. The molecule has 5 nitrogen and oxygen atoms in total. The van der Waals surface area contributed by atoms with E-state index in [9.17, 15) is 0 Å². The molecule has 0 aliphatic carbocycles. The molecule has 27 heavy (non-hydrogen) atoms. The summed E-state index contributed by atoms with van der Waals surface area (Å²) in [7, 11) is 0. The van der Waals surface area contributed by atoms with Crippen LogP contribution >= 0.6 is 0 Å². The van der Waals surface area contributed by atoms with Crippen molar-refractivity contribution >= 4 is 0 Å². The van der Waals surface area contributed by atoms with Crippen molar-refractivity contribution in [2.75, 3.05) is 6.61 Å². The average Bonchev–Trinajstić information content (AvgIpc) is 3.30. The quantitative estimate of drug-likeness (QED) is 0.488. The van der Waals surface area contributed by atoms with Crippen molar-refractivity contribution in [2.24, 2.45) is 0 Å². The highest BCUT2D eigenvalue weighted by Gasteiger charge is 2.11. The average molecular weight is 359 g/mol. The third-order valence-corrected chi connectivity index (χ3v) is 4.30. The van der Waals surface area contributed by atoms with Crippen LogP contribution < -0.4 is 4.74 Å². The van der Waals surface area contributed by atoms with Crippen molar-refractivity contribution in [3.63, 3.8) is 0 Å². The third kappa shape index (κ3) is 3.77. The van der Waals surface area contributed by atoms with Gasteiger partial charge in [0.05, 0.1) is 18.8 Å². The van der Waals surface area contributed by atoms with Crippen LogP contribution in [0.4, 0.5) is 0 Å². The van der Waals surface area contributed by atoms with Gasteiger partial charge in [0.1, 0.15) is 17.7 Å². The lowest BCUT2D eigenvalue weighted by Gasteiger charge is -2.03. The highest BCUT2D eigenvalue weighted by Crippen LogP contribution is 2.25. The van der Waals surface area contributed by atoms with Gasteiger partial charge in [-0.1, -0.05) is 36.4 Å². The van der Waals surface area contributed by atoms with Crippen molar-refractivity contribution in [2.45, 2.75) is 20.4 Å². The number of aromatic nitrogens is 3. The Bertz CT molecular complexity index is 1030. The smallest absolute Gasteiger partial charge is 0.226 e. The fourth-order valence-corrected chi connectivity index (χ4v) is 3.06. The van der Waals surface area contributed by atoms with E-state index >= 15 is 0 Å². The lowest BCUT2D eigenvalue weighted by molar-refractivity contribution is 0.340. The Morgan fingerprint density at radius 1 is 1.04 bits per heavy atom. The maximum Gasteiger partial charge on any atom is 0.226 e. The van der Waals surface area contributed by atoms with E-state index in [0.29, 0.717) is 19.0 Å². The van der Waals surface area contributed by atoms with Crippen LogP contribution in [0.15, 0.2) is 71.5 Å². The second-order valence-electron chi connectivity index (χ2n) is 6.30. The van der Waals surface area contributed by atoms with Gasteiger partial charge in [0.25, 0.3) is 0 Å². The lowest BCUT2D eigenvalue weighted by Crippen LogP contribution is -2.00. The maximum absolute atomic E-state index is 5.67. The van der Waals surface area contributed by atoms with Crippen LogP contribution in [0.25, 0.3) is 22.6 Å². The van der Waals surface area contributed by atoms with Crippen molar-refractivity contribution < 1.29 is 9.15 Å². The van der Waals surface area contributed by atoms with Crippen molar-refractivity contribution in [3.05, 3.63) is 78.4 Å². The molecule has 0 fully saturated rings. The molecular formula is C22H21N3O2. The standard InChI is InChI=1S/C22H21N3O2/c1-3-26-20-11-7-10-18(12-20)22-23-19(15-27-22)13-25-14-21(16(2)24-25)17-8-5-4-6-9-17/h4-12,14-15H,3,13H2,1-2H3. The number of ether oxygens (including phenoxy) is 1. The number of oxazole rings is 1. The number of hydrogen-bond donors (Lipinski definition) is 0. The first kappa shape index (κ1) is 17.1. The first-order valence-electron chi connectivity index (χ1n) is 9.00. The van der Waals surface area contributed by atoms with Crippen LogP contribution in [0.1, 0.15) is 18.3 Å². The van der Waals surface area contributed by atoms with Gasteiger partial charge in [-0.25, -0.2) is 4.98 Å². The minimum atomic E-state index is 0.558. The maximum atomic E-state index is 5.67. The van der Waals surface area contributed by atoms with Crippen LogP contribution in [0, 0.1) is 6.92 Å². The summed E-state index contributed by atoms with van der Waals surface area (Å²) in [5.74, 6) is 1.39. The summed E-state index contributed by atoms with van der Waals surface area (Å²) in [4.78, 5) is 4.61. The van der Waals surface area contributed by atoms with Gasteiger partial charge in [-0.15, -0.1) is 0 Å². The predicted molar refractivity (Wildman–Crippen MR) is 105 cm³/mol. The zero-order valence-corrected chi connectivity index (χ0v) is 15.4. The lowest BCUT2D eigenvalue weighted by atomic mass is 10.1. The van der Waals surface area contributed by atoms with Gasteiger partial charge in [0.2, 0.25) is 5.89 Å². The molecule has 0 saturated heterocycles. The SMILES string of the molecule is CCOc1cccc(-c2nc(Cn3cc(-c4ccccc4)c(C)n3)co2)c1. The largest absolute Gasteiger partial charge is 0.494 e. The second kappa shape index (κ2) is 7.50. The fourth-order valence-electron chi connectivity index (χ4n) is 3.06. The van der Waals surface area contributed by atoms with Gasteiger partial charge in [0, 0.05) is 17.3 Å². The summed E-state index contributed by atoms with van der Waals surface area (Å²) in [5, 5.41) is 4.62. The highest BCUT2D eigenvalue weighted by molar-refractivity contribution is 5.64. The Morgan fingerprint density at radius 3 is 2.67 bits per heavy atom. The molecule has 0 aliphatic heterocycles. The van der Waals surface area contributed by atoms with E-state index in [1.807, 2.05) is 61.0 Å². The van der Waals surface area contributed by atoms with Gasteiger partial charge in [-0.2, -0.15) is 5.10 Å². The number of benzene rings is 2. The van der Waals surface area contributed by atoms with Crippen LogP contribution in [-0.4, -0.2) is 21.4 Å². The van der Waals surface area contributed by atoms with E-state index in [2.05, 4.69) is 28.4 Å². The molecule has 0 amide bonds. The molecule has 136 valence electrons. The molecule has 0 atom stereocenters. The zero-order valence-electron chi connectivity index (χ0n) is 15.4. The summed E-state index contributed by atoms with van der Waals surface area (Å²) in [6.07, 6.45) is 3.73. The summed E-state index contributed by atoms with van der Waals surface area (Å²) in [6, 6.07) is 18.0. The molecule has 0 N–H and O–H groups in total. The summed E-state index contributed by atoms with van der Waals surface area (Å²) >= 11 is 0. The molecule has 2 heterocycles. The van der Waals surface area contributed by atoms with E-state index in [4.69, 9.17) is 9.15 Å². The molecule has 0 radical (unpaired) electrons. The van der Waals surface area contributed by atoms with Gasteiger partial charge < -0.3 is 9.15 Å². The Morgan fingerprint density at radius 2 is 1.85 bits per heavy atom. The van der Waals surface area contributed by atoms with Crippen molar-refractivity contribution in [1.29, 1.82) is 0 Å². The van der Waals surface area contributed by atoms with Crippen LogP contribution in [0.3, 0.4) is 0 Å². The Hall–Kier alpha value is -3.34. The first-order valence-corrected chi connectivity index (χ1v) is 9.00. The van der Waals surface area contributed by atoms with Crippen molar-refractivity contribution in [3.8, 4) is 28.3 Å². The number of hydrogen-bond acceptors (Lipinski definition) is 4. The van der Waals surface area contributed by atoms with Crippen LogP contribution in [-0.2, 0) is 6.54 Å². The van der Waals surface area contributed by atoms with E-state index in [1.165, 1.54) is 0 Å². The van der Waals surface area contributed by atoms with Crippen molar-refractivity contribution in [1.82, 2.24) is 14.8 Å². The third-order valence-electron chi connectivity index (χ3n) is 4.30. The van der Waals surface area contributed by atoms with Crippen LogP contribution in [0.2, 0.25) is 0 Å². The molecule has 4 rings (SSSR count). The molecule has 2 aromatic carbocycles. The van der Waals surface area contributed by atoms with Gasteiger partial charge >= 0.3 is 0 Å². The minimum Gasteiger partial charge on any atom is -0.494 e. The summed E-state index contributed by atoms with van der Waals surface area (Å²) in [6.45, 7) is 5.17. The predicted octanol–water partition coefficient (Wildman–Crippen LogP) is 4.96. The minimum absolute atomic E-state index is 0.558. The van der Waals surface area contributed by atoms with E-state index in [0.717, 1.165) is 33.8 Å². The van der Waals surface area contributed by atoms with Crippen LogP contribution in [0.5, 0.6) is 5.75 Å². The molecule has 4 aromatic rings. The summed E-state index contributed by atoms with van der Waals surface area (Å²) < 4.78 is 13.1. The van der Waals surface area contributed by atoms with Gasteiger partial charge in [-0.3, -0.25) is 4.68 Å². The monoisotopic (exact) mass is 359 g/mol. The molecule has 0 aliphatic rings. The van der Waals surface area contributed by atoms with Gasteiger partial charge in [-0.05, 0) is 37.6 Å². The van der Waals surface area contributed by atoms with E-state index < -0.39 is 0 Å². The molecule has 0 saturated carbocycles. The summed E-state index contributed by atoms with van der Waals surface area (Å²) in [5.41, 5.74) is 5.01.